The van der Waals surface area contributed by atoms with Crippen LogP contribution in [0.25, 0.3) is 0 Å². The molecule has 0 aliphatic carbocycles. The van der Waals surface area contributed by atoms with Gasteiger partial charge in [-0.25, -0.2) is 0 Å². The van der Waals surface area contributed by atoms with Crippen molar-refractivity contribution in [2.75, 3.05) is 0 Å². The van der Waals surface area contributed by atoms with Crippen LogP contribution in [-0.4, -0.2) is 27.5 Å². The molecule has 2 aromatic rings. The van der Waals surface area contributed by atoms with Crippen molar-refractivity contribution in [3.8, 4) is 0 Å². The highest BCUT2D eigenvalue weighted by atomic mass is 15.5. The predicted molar refractivity (Wildman–Crippen MR) is 115 cm³/mol. The topological polar surface area (TPSA) is 6.48 Å². The third-order valence-corrected chi connectivity index (χ3v) is 5.87. The Bertz CT molecular complexity index is 715. The van der Waals surface area contributed by atoms with Crippen LogP contribution < -0.4 is 0 Å². The highest BCUT2D eigenvalue weighted by Gasteiger charge is 2.51. The molecule has 0 amide bonds. The zero-order valence-electron chi connectivity index (χ0n) is 17.5. The van der Waals surface area contributed by atoms with E-state index in [1.807, 2.05) is 0 Å². The molecule has 1 aliphatic heterocycles. The lowest BCUT2D eigenvalue weighted by Gasteiger charge is -2.54. The first kappa shape index (κ1) is 19.5. The first-order chi connectivity index (χ1) is 13.0. The third-order valence-electron chi connectivity index (χ3n) is 5.87. The molecule has 0 saturated carbocycles. The van der Waals surface area contributed by atoms with Gasteiger partial charge in [-0.15, -0.1) is 0 Å². The van der Waals surface area contributed by atoms with E-state index in [-0.39, 0.29) is 5.66 Å². The van der Waals surface area contributed by atoms with Crippen LogP contribution in [0.15, 0.2) is 73.1 Å². The molecule has 1 atom stereocenters. The van der Waals surface area contributed by atoms with Crippen LogP contribution in [0.5, 0.6) is 0 Å². The Morgan fingerprint density at radius 3 is 1.67 bits per heavy atom. The van der Waals surface area contributed by atoms with E-state index in [1.54, 1.807) is 0 Å². The molecule has 2 nitrogen and oxygen atoms in total. The van der Waals surface area contributed by atoms with Gasteiger partial charge in [0.1, 0.15) is 5.66 Å². The molecule has 3 rings (SSSR count). The van der Waals surface area contributed by atoms with E-state index in [9.17, 15) is 0 Å². The summed E-state index contributed by atoms with van der Waals surface area (Å²) in [5, 5.41) is 0. The Morgan fingerprint density at radius 1 is 0.741 bits per heavy atom. The first-order valence-corrected chi connectivity index (χ1v) is 10.3. The molecule has 1 heterocycles. The molecule has 1 unspecified atom stereocenters. The Labute approximate surface area is 165 Å². The number of benzene rings is 2. The lowest BCUT2D eigenvalue weighted by molar-refractivity contribution is -0.0331. The van der Waals surface area contributed by atoms with Gasteiger partial charge in [0.25, 0.3) is 0 Å². The summed E-state index contributed by atoms with van der Waals surface area (Å²) in [4.78, 5) is 5.20. The number of hydrogen-bond acceptors (Lipinski definition) is 2. The molecule has 0 fully saturated rings. The molecular formula is C25H34N2. The van der Waals surface area contributed by atoms with Crippen molar-refractivity contribution >= 4 is 0 Å². The molecule has 0 N–H and O–H groups in total. The van der Waals surface area contributed by atoms with Crippen LogP contribution in [0.3, 0.4) is 0 Å². The van der Waals surface area contributed by atoms with E-state index in [0.717, 1.165) is 12.8 Å². The van der Waals surface area contributed by atoms with E-state index < -0.39 is 0 Å². The van der Waals surface area contributed by atoms with Crippen molar-refractivity contribution < 1.29 is 0 Å². The fourth-order valence-electron chi connectivity index (χ4n) is 4.85. The van der Waals surface area contributed by atoms with Crippen molar-refractivity contribution in [3.63, 3.8) is 0 Å². The van der Waals surface area contributed by atoms with Gasteiger partial charge in [-0.3, -0.25) is 0 Å². The van der Waals surface area contributed by atoms with E-state index in [0.29, 0.717) is 18.0 Å². The summed E-state index contributed by atoms with van der Waals surface area (Å²) in [7, 11) is 0. The molecule has 144 valence electrons. The molecule has 2 heteroatoms. The molecule has 2 aromatic carbocycles. The molecule has 27 heavy (non-hydrogen) atoms. The molecular weight excluding hydrogens is 328 g/mol. The summed E-state index contributed by atoms with van der Waals surface area (Å²) in [6.07, 6.45) is 6.74. The molecule has 0 spiro atoms. The van der Waals surface area contributed by atoms with Crippen LogP contribution in [-0.2, 0) is 6.42 Å². The summed E-state index contributed by atoms with van der Waals surface area (Å²) in [6.45, 7) is 11.6. The molecule has 0 saturated heterocycles. The summed E-state index contributed by atoms with van der Waals surface area (Å²) in [6, 6.07) is 22.9. The minimum atomic E-state index is -0.0974. The largest absolute Gasteiger partial charge is 0.350 e. The van der Waals surface area contributed by atoms with Gasteiger partial charge in [-0.05, 0) is 45.2 Å². The lowest BCUT2D eigenvalue weighted by atomic mass is 9.77. The zero-order chi connectivity index (χ0) is 19.4. The molecule has 0 aromatic heterocycles. The van der Waals surface area contributed by atoms with E-state index in [2.05, 4.69) is 117 Å². The summed E-state index contributed by atoms with van der Waals surface area (Å²) in [5.41, 5.74) is 2.72. The Balaban J connectivity index is 2.17. The lowest BCUT2D eigenvalue weighted by Crippen LogP contribution is -2.62. The van der Waals surface area contributed by atoms with E-state index in [1.165, 1.54) is 11.1 Å². The van der Waals surface area contributed by atoms with Crippen molar-refractivity contribution in [2.45, 2.75) is 71.1 Å². The average molecular weight is 363 g/mol. The van der Waals surface area contributed by atoms with Crippen LogP contribution in [0.1, 0.15) is 58.1 Å². The summed E-state index contributed by atoms with van der Waals surface area (Å²) >= 11 is 0. The second kappa shape index (κ2) is 8.21. The van der Waals surface area contributed by atoms with Crippen LogP contribution in [0.4, 0.5) is 0 Å². The summed E-state index contributed by atoms with van der Waals surface area (Å²) in [5.74, 6) is 0.415. The highest BCUT2D eigenvalue weighted by Crippen LogP contribution is 2.46. The predicted octanol–water partition coefficient (Wildman–Crippen LogP) is 6.02. The van der Waals surface area contributed by atoms with E-state index in [4.69, 9.17) is 0 Å². The van der Waals surface area contributed by atoms with Crippen molar-refractivity contribution in [2.24, 2.45) is 0 Å². The average Bonchev–Trinajstić information content (AvgIpc) is 3.04. The van der Waals surface area contributed by atoms with Crippen molar-refractivity contribution in [1.29, 1.82) is 0 Å². The van der Waals surface area contributed by atoms with E-state index >= 15 is 0 Å². The fourth-order valence-corrected chi connectivity index (χ4v) is 4.85. The maximum Gasteiger partial charge on any atom is 0.123 e. The number of hydrogen-bond donors (Lipinski definition) is 0. The van der Waals surface area contributed by atoms with Crippen LogP contribution >= 0.6 is 0 Å². The first-order valence-electron chi connectivity index (χ1n) is 10.3. The zero-order valence-corrected chi connectivity index (χ0v) is 17.5. The van der Waals surface area contributed by atoms with Crippen molar-refractivity contribution in [1.82, 2.24) is 9.80 Å². The van der Waals surface area contributed by atoms with Gasteiger partial charge in [0.15, 0.2) is 0 Å². The second-order valence-corrected chi connectivity index (χ2v) is 8.21. The quantitative estimate of drug-likeness (QED) is 0.594. The monoisotopic (exact) mass is 362 g/mol. The SMILES string of the molecule is CCC(c1ccccc1)C1(Cc2ccccc2)N(C(C)C)C=CN1C(C)C. The van der Waals surface area contributed by atoms with Gasteiger partial charge in [-0.2, -0.15) is 0 Å². The molecule has 0 radical (unpaired) electrons. The smallest absolute Gasteiger partial charge is 0.123 e. The van der Waals surface area contributed by atoms with Crippen LogP contribution in [0, 0.1) is 0 Å². The normalized spacial score (nSPS) is 17.1. The Kier molecular flexibility index (Phi) is 5.94. The Hall–Kier alpha value is -2.22. The minimum Gasteiger partial charge on any atom is -0.350 e. The third kappa shape index (κ3) is 3.63. The molecule has 0 bridgehead atoms. The molecule has 1 aliphatic rings. The van der Waals surface area contributed by atoms with Crippen LogP contribution in [0.2, 0.25) is 0 Å². The van der Waals surface area contributed by atoms with Gasteiger partial charge in [0.2, 0.25) is 0 Å². The van der Waals surface area contributed by atoms with Gasteiger partial charge < -0.3 is 9.80 Å². The standard InChI is InChI=1S/C25H34N2/c1-6-24(23-15-11-8-12-16-23)25(19-22-13-9-7-10-14-22)26(20(2)3)17-18-27(25)21(4)5/h7-18,20-21,24H,6,19H2,1-5H3. The van der Waals surface area contributed by atoms with Gasteiger partial charge in [0, 0.05) is 36.8 Å². The van der Waals surface area contributed by atoms with Gasteiger partial charge >= 0.3 is 0 Å². The number of nitrogens with zero attached hydrogens (tertiary/aromatic N) is 2. The summed E-state index contributed by atoms with van der Waals surface area (Å²) < 4.78 is 0. The maximum absolute atomic E-state index is 2.60. The maximum atomic E-state index is 2.60. The number of rotatable bonds is 7. The minimum absolute atomic E-state index is 0.0974. The second-order valence-electron chi connectivity index (χ2n) is 8.21. The highest BCUT2D eigenvalue weighted by molar-refractivity contribution is 5.31. The fraction of sp³-hybridized carbons (Fsp3) is 0.440. The Morgan fingerprint density at radius 2 is 1.22 bits per heavy atom. The van der Waals surface area contributed by atoms with Crippen molar-refractivity contribution in [3.05, 3.63) is 84.2 Å². The van der Waals surface area contributed by atoms with Gasteiger partial charge in [0.05, 0.1) is 0 Å². The van der Waals surface area contributed by atoms with Gasteiger partial charge in [-0.1, -0.05) is 67.6 Å².